The third kappa shape index (κ3) is 2.42. The zero-order valence-corrected chi connectivity index (χ0v) is 9.23. The molecule has 0 amide bonds. The Bertz CT molecular complexity index is 421. The molecule has 1 heterocycles. The second-order valence-corrected chi connectivity index (χ2v) is 3.66. The number of carbonyl (C=O) groups excluding carboxylic acids is 1. The first-order valence-corrected chi connectivity index (χ1v) is 5.31. The molecule has 84 valence electrons. The molecule has 0 aromatic heterocycles. The van der Waals surface area contributed by atoms with Crippen molar-refractivity contribution in [2.45, 2.75) is 19.3 Å². The van der Waals surface area contributed by atoms with Gasteiger partial charge in [-0.15, -0.1) is 0 Å². The summed E-state index contributed by atoms with van der Waals surface area (Å²) in [5, 5.41) is 0. The Balaban J connectivity index is 1.96. The number of hydrogen-bond acceptors (Lipinski definition) is 3. The van der Waals surface area contributed by atoms with Gasteiger partial charge >= 0.3 is 5.97 Å². The van der Waals surface area contributed by atoms with E-state index in [1.54, 1.807) is 0 Å². The van der Waals surface area contributed by atoms with Crippen LogP contribution in [0.5, 0.6) is 5.75 Å². The minimum absolute atomic E-state index is 0.205. The highest BCUT2D eigenvalue weighted by atomic mass is 16.5. The van der Waals surface area contributed by atoms with Crippen LogP contribution in [0.3, 0.4) is 0 Å². The van der Waals surface area contributed by atoms with E-state index in [9.17, 15) is 4.79 Å². The quantitative estimate of drug-likeness (QED) is 0.731. The molecule has 1 aliphatic heterocycles. The number of esters is 1. The Morgan fingerprint density at radius 3 is 3.06 bits per heavy atom. The van der Waals surface area contributed by atoms with Crippen LogP contribution in [0.2, 0.25) is 0 Å². The molecule has 1 aliphatic rings. The minimum atomic E-state index is -0.205. The number of para-hydroxylation sites is 1. The van der Waals surface area contributed by atoms with Gasteiger partial charge in [-0.1, -0.05) is 18.2 Å². The van der Waals surface area contributed by atoms with E-state index in [0.717, 1.165) is 17.9 Å². The first-order chi connectivity index (χ1) is 7.79. The summed E-state index contributed by atoms with van der Waals surface area (Å²) >= 11 is 0. The predicted molar refractivity (Wildman–Crippen MR) is 60.1 cm³/mol. The van der Waals surface area contributed by atoms with Gasteiger partial charge in [-0.05, 0) is 24.1 Å². The number of methoxy groups -OCH3 is 1. The summed E-state index contributed by atoms with van der Waals surface area (Å²) in [4.78, 5) is 11.0. The summed E-state index contributed by atoms with van der Waals surface area (Å²) in [5.41, 5.74) is 1.18. The Morgan fingerprint density at radius 2 is 2.25 bits per heavy atom. The highest BCUT2D eigenvalue weighted by Crippen LogP contribution is 2.27. The average molecular weight is 218 g/mol. The van der Waals surface area contributed by atoms with E-state index in [-0.39, 0.29) is 5.97 Å². The first kappa shape index (κ1) is 10.7. The van der Waals surface area contributed by atoms with Gasteiger partial charge in [0.15, 0.2) is 0 Å². The van der Waals surface area contributed by atoms with E-state index in [1.807, 2.05) is 30.3 Å². The molecular formula is C13H14O3. The molecule has 0 radical (unpaired) electrons. The SMILES string of the molecule is COC(=O)CCC1=CCc2ccccc2O1. The molecule has 3 nitrogen and oxygen atoms in total. The third-order valence-corrected chi connectivity index (χ3v) is 2.57. The summed E-state index contributed by atoms with van der Waals surface area (Å²) in [6, 6.07) is 7.93. The molecule has 0 atom stereocenters. The van der Waals surface area contributed by atoms with Crippen molar-refractivity contribution in [3.8, 4) is 5.75 Å². The zero-order chi connectivity index (χ0) is 11.4. The highest BCUT2D eigenvalue weighted by Gasteiger charge is 2.12. The highest BCUT2D eigenvalue weighted by molar-refractivity contribution is 5.69. The predicted octanol–water partition coefficient (Wildman–Crippen LogP) is 2.46. The molecule has 0 unspecified atom stereocenters. The molecule has 0 spiro atoms. The summed E-state index contributed by atoms with van der Waals surface area (Å²) < 4.78 is 10.3. The smallest absolute Gasteiger partial charge is 0.305 e. The second-order valence-electron chi connectivity index (χ2n) is 3.66. The maximum atomic E-state index is 11.0. The third-order valence-electron chi connectivity index (χ3n) is 2.57. The van der Waals surface area contributed by atoms with Gasteiger partial charge in [0.2, 0.25) is 0 Å². The van der Waals surface area contributed by atoms with E-state index in [0.29, 0.717) is 12.8 Å². The van der Waals surface area contributed by atoms with Gasteiger partial charge < -0.3 is 9.47 Å². The summed E-state index contributed by atoms with van der Waals surface area (Å²) in [7, 11) is 1.40. The molecule has 1 aromatic rings. The van der Waals surface area contributed by atoms with Crippen molar-refractivity contribution < 1.29 is 14.3 Å². The molecule has 1 aromatic carbocycles. The van der Waals surface area contributed by atoms with E-state index < -0.39 is 0 Å². The molecule has 0 aliphatic carbocycles. The zero-order valence-electron chi connectivity index (χ0n) is 9.23. The van der Waals surface area contributed by atoms with Crippen LogP contribution in [0.1, 0.15) is 18.4 Å². The van der Waals surface area contributed by atoms with Crippen LogP contribution in [0.15, 0.2) is 36.1 Å². The van der Waals surface area contributed by atoms with E-state index in [1.165, 1.54) is 12.7 Å². The molecule has 0 saturated carbocycles. The van der Waals surface area contributed by atoms with Crippen LogP contribution in [0.4, 0.5) is 0 Å². The van der Waals surface area contributed by atoms with Gasteiger partial charge in [-0.2, -0.15) is 0 Å². The van der Waals surface area contributed by atoms with Gasteiger partial charge in [-0.25, -0.2) is 0 Å². The van der Waals surface area contributed by atoms with Crippen molar-refractivity contribution in [3.63, 3.8) is 0 Å². The Hall–Kier alpha value is -1.77. The van der Waals surface area contributed by atoms with Crippen molar-refractivity contribution >= 4 is 5.97 Å². The number of benzene rings is 1. The minimum Gasteiger partial charge on any atom is -0.469 e. The maximum absolute atomic E-state index is 11.0. The Kier molecular flexibility index (Phi) is 3.25. The van der Waals surface area contributed by atoms with Gasteiger partial charge in [0.1, 0.15) is 11.5 Å². The first-order valence-electron chi connectivity index (χ1n) is 5.31. The lowest BCUT2D eigenvalue weighted by molar-refractivity contribution is -0.140. The van der Waals surface area contributed by atoms with E-state index in [2.05, 4.69) is 4.74 Å². The number of carbonyl (C=O) groups is 1. The molecule has 3 heteroatoms. The van der Waals surface area contributed by atoms with Crippen molar-refractivity contribution in [3.05, 3.63) is 41.7 Å². The molecule has 0 N–H and O–H groups in total. The van der Waals surface area contributed by atoms with Crippen LogP contribution in [0.25, 0.3) is 0 Å². The van der Waals surface area contributed by atoms with Crippen molar-refractivity contribution in [1.82, 2.24) is 0 Å². The standard InChI is InChI=1S/C13H14O3/c1-15-13(14)9-8-11-7-6-10-4-2-3-5-12(10)16-11/h2-5,7H,6,8-9H2,1H3. The van der Waals surface area contributed by atoms with Crippen molar-refractivity contribution in [2.24, 2.45) is 0 Å². The number of fused-ring (bicyclic) bond motifs is 1. The second kappa shape index (κ2) is 4.84. The van der Waals surface area contributed by atoms with Gasteiger partial charge in [0.05, 0.1) is 13.5 Å². The van der Waals surface area contributed by atoms with E-state index in [4.69, 9.17) is 4.74 Å². The van der Waals surface area contributed by atoms with Crippen LogP contribution < -0.4 is 4.74 Å². The average Bonchev–Trinajstić information content (AvgIpc) is 2.35. The Labute approximate surface area is 94.7 Å². The summed E-state index contributed by atoms with van der Waals surface area (Å²) in [6.45, 7) is 0. The fourth-order valence-corrected chi connectivity index (χ4v) is 1.66. The normalized spacial score (nSPS) is 13.4. The lowest BCUT2D eigenvalue weighted by atomic mass is 10.1. The molecule has 2 rings (SSSR count). The lowest BCUT2D eigenvalue weighted by Crippen LogP contribution is -2.07. The number of allylic oxidation sites excluding steroid dienone is 2. The lowest BCUT2D eigenvalue weighted by Gasteiger charge is -2.17. The maximum Gasteiger partial charge on any atom is 0.305 e. The van der Waals surface area contributed by atoms with Crippen LogP contribution >= 0.6 is 0 Å². The molecule has 0 fully saturated rings. The van der Waals surface area contributed by atoms with Gasteiger partial charge in [0, 0.05) is 6.42 Å². The topological polar surface area (TPSA) is 35.5 Å². The molecular weight excluding hydrogens is 204 g/mol. The number of rotatable bonds is 3. The van der Waals surface area contributed by atoms with Crippen molar-refractivity contribution in [2.75, 3.05) is 7.11 Å². The number of ether oxygens (including phenoxy) is 2. The largest absolute Gasteiger partial charge is 0.469 e. The molecule has 0 saturated heterocycles. The van der Waals surface area contributed by atoms with Gasteiger partial charge in [0.25, 0.3) is 0 Å². The number of hydrogen-bond donors (Lipinski definition) is 0. The Morgan fingerprint density at radius 1 is 1.44 bits per heavy atom. The summed E-state index contributed by atoms with van der Waals surface area (Å²) in [5.74, 6) is 1.54. The van der Waals surface area contributed by atoms with E-state index >= 15 is 0 Å². The van der Waals surface area contributed by atoms with Crippen LogP contribution in [0, 0.1) is 0 Å². The molecule has 16 heavy (non-hydrogen) atoms. The van der Waals surface area contributed by atoms with Crippen LogP contribution in [-0.2, 0) is 16.0 Å². The molecule has 0 bridgehead atoms. The van der Waals surface area contributed by atoms with Crippen LogP contribution in [-0.4, -0.2) is 13.1 Å². The fraction of sp³-hybridized carbons (Fsp3) is 0.308. The summed E-state index contributed by atoms with van der Waals surface area (Å²) in [6.07, 6.45) is 3.85. The monoisotopic (exact) mass is 218 g/mol. The van der Waals surface area contributed by atoms with Crippen molar-refractivity contribution in [1.29, 1.82) is 0 Å². The van der Waals surface area contributed by atoms with Gasteiger partial charge in [-0.3, -0.25) is 4.79 Å². The fourth-order valence-electron chi connectivity index (χ4n) is 1.66.